The summed E-state index contributed by atoms with van der Waals surface area (Å²) in [5.41, 5.74) is 5.02. The number of imidazole rings is 1. The number of ether oxygens (including phenoxy) is 2. The lowest BCUT2D eigenvalue weighted by molar-refractivity contribution is -0.0942. The number of benzene rings is 4. The van der Waals surface area contributed by atoms with E-state index in [1.54, 1.807) is 24.3 Å². The van der Waals surface area contributed by atoms with E-state index in [1.807, 2.05) is 74.5 Å². The number of carbonyl (C=O) groups is 1. The van der Waals surface area contributed by atoms with Crippen LogP contribution in [0.15, 0.2) is 122 Å². The highest BCUT2D eigenvalue weighted by molar-refractivity contribution is 6.06. The number of aromatic nitrogens is 4. The molecule has 3 N–H and O–H groups in total. The Kier molecular flexibility index (Phi) is 8.55. The Morgan fingerprint density at radius 2 is 1.38 bits per heavy atom. The van der Waals surface area contributed by atoms with Gasteiger partial charge in [-0.3, -0.25) is 9.36 Å². The summed E-state index contributed by atoms with van der Waals surface area (Å²) in [6, 6.07) is 35.1. The molecule has 242 valence electrons. The molecule has 4 atom stereocenters. The van der Waals surface area contributed by atoms with E-state index in [9.17, 15) is 15.0 Å². The number of rotatable bonds is 9. The van der Waals surface area contributed by atoms with Gasteiger partial charge in [-0.2, -0.15) is 0 Å². The molecule has 0 saturated carbocycles. The summed E-state index contributed by atoms with van der Waals surface area (Å²) in [6.45, 7) is 4.02. The number of aryl methyl sites for hydroxylation is 2. The first-order valence-electron chi connectivity index (χ1n) is 15.7. The van der Waals surface area contributed by atoms with Crippen LogP contribution in [0.25, 0.3) is 11.2 Å². The van der Waals surface area contributed by atoms with Crippen LogP contribution in [-0.4, -0.2) is 60.6 Å². The van der Waals surface area contributed by atoms with Crippen molar-refractivity contribution in [2.75, 3.05) is 11.9 Å². The zero-order valence-corrected chi connectivity index (χ0v) is 26.5. The first kappa shape index (κ1) is 31.3. The Morgan fingerprint density at radius 3 is 2.00 bits per heavy atom. The molecule has 10 nitrogen and oxygen atoms in total. The number of aliphatic hydroxyl groups excluding tert-OH is 2. The maximum Gasteiger partial charge on any atom is 0.256 e. The van der Waals surface area contributed by atoms with Crippen LogP contribution in [0.2, 0.25) is 0 Å². The minimum atomic E-state index is -1.32. The van der Waals surface area contributed by atoms with Crippen molar-refractivity contribution < 1.29 is 24.5 Å². The van der Waals surface area contributed by atoms with Gasteiger partial charge in [-0.1, -0.05) is 108 Å². The predicted molar refractivity (Wildman–Crippen MR) is 180 cm³/mol. The van der Waals surface area contributed by atoms with Crippen molar-refractivity contribution in [3.8, 4) is 0 Å². The van der Waals surface area contributed by atoms with Gasteiger partial charge >= 0.3 is 0 Å². The fourth-order valence-electron chi connectivity index (χ4n) is 6.20. The molecule has 10 heteroatoms. The number of nitrogens with zero attached hydrogens (tertiary/aromatic N) is 4. The molecule has 3 heterocycles. The van der Waals surface area contributed by atoms with Crippen LogP contribution >= 0.6 is 0 Å². The first-order valence-corrected chi connectivity index (χ1v) is 15.7. The van der Waals surface area contributed by atoms with Crippen LogP contribution in [0, 0.1) is 13.8 Å². The number of nitrogens with one attached hydrogen (secondary N) is 1. The Labute approximate surface area is 277 Å². The zero-order valence-electron chi connectivity index (χ0n) is 26.5. The first-order chi connectivity index (χ1) is 23.3. The fraction of sp³-hybridized carbons (Fsp3) is 0.211. The van der Waals surface area contributed by atoms with Gasteiger partial charge in [0.05, 0.1) is 12.9 Å². The molecule has 1 amide bonds. The third-order valence-corrected chi connectivity index (χ3v) is 8.80. The van der Waals surface area contributed by atoms with Gasteiger partial charge in [-0.15, -0.1) is 0 Å². The summed E-state index contributed by atoms with van der Waals surface area (Å²) in [6.07, 6.45) is -1.78. The largest absolute Gasteiger partial charge is 0.387 e. The van der Waals surface area contributed by atoms with E-state index in [4.69, 9.17) is 9.47 Å². The van der Waals surface area contributed by atoms with Crippen molar-refractivity contribution in [2.24, 2.45) is 0 Å². The summed E-state index contributed by atoms with van der Waals surface area (Å²) < 4.78 is 14.8. The van der Waals surface area contributed by atoms with Crippen molar-refractivity contribution in [1.29, 1.82) is 0 Å². The second-order valence-electron chi connectivity index (χ2n) is 12.0. The van der Waals surface area contributed by atoms with Gasteiger partial charge in [0.2, 0.25) is 0 Å². The quantitative estimate of drug-likeness (QED) is 0.181. The van der Waals surface area contributed by atoms with E-state index in [2.05, 4.69) is 44.5 Å². The maximum absolute atomic E-state index is 12.8. The SMILES string of the molecule is Cc1ccc(C(OC[C@H]2O[C@@H](n3cnc4c(NC(=O)c5ccccc5)ncnc43)[C@@H](O)C2O)(c2ccccc2)c2ccc(C)cc2)cc1. The summed E-state index contributed by atoms with van der Waals surface area (Å²) in [7, 11) is 0. The second-order valence-corrected chi connectivity index (χ2v) is 12.0. The molecular weight excluding hydrogens is 606 g/mol. The maximum atomic E-state index is 12.8. The summed E-state index contributed by atoms with van der Waals surface area (Å²) in [5, 5.41) is 25.4. The number of fused-ring (bicyclic) bond motifs is 1. The van der Waals surface area contributed by atoms with Crippen LogP contribution in [0.5, 0.6) is 0 Å². The van der Waals surface area contributed by atoms with Crippen LogP contribution < -0.4 is 5.32 Å². The van der Waals surface area contributed by atoms with E-state index in [0.717, 1.165) is 27.8 Å². The van der Waals surface area contributed by atoms with Crippen molar-refractivity contribution in [2.45, 2.75) is 44.0 Å². The second kappa shape index (κ2) is 13.1. The third kappa shape index (κ3) is 5.75. The lowest BCUT2D eigenvalue weighted by Gasteiger charge is -2.37. The topological polar surface area (TPSA) is 132 Å². The molecule has 6 aromatic rings. The molecule has 4 aromatic carbocycles. The lowest BCUT2D eigenvalue weighted by Crippen LogP contribution is -2.39. The Hall–Kier alpha value is -5.26. The van der Waals surface area contributed by atoms with Gasteiger partial charge in [0, 0.05) is 5.56 Å². The summed E-state index contributed by atoms with van der Waals surface area (Å²) >= 11 is 0. The molecule has 1 unspecified atom stereocenters. The number of aliphatic hydroxyl groups is 2. The van der Waals surface area contributed by atoms with E-state index < -0.39 is 30.1 Å². The highest BCUT2D eigenvalue weighted by Crippen LogP contribution is 2.42. The van der Waals surface area contributed by atoms with Crippen molar-refractivity contribution in [3.63, 3.8) is 0 Å². The summed E-state index contributed by atoms with van der Waals surface area (Å²) in [4.78, 5) is 25.9. The number of hydrogen-bond acceptors (Lipinski definition) is 8. The van der Waals surface area contributed by atoms with Gasteiger partial charge in [-0.05, 0) is 42.7 Å². The molecule has 0 radical (unpaired) electrons. The molecule has 1 fully saturated rings. The van der Waals surface area contributed by atoms with Crippen LogP contribution in [0.1, 0.15) is 44.4 Å². The monoisotopic (exact) mass is 641 g/mol. The highest BCUT2D eigenvalue weighted by Gasteiger charge is 2.47. The van der Waals surface area contributed by atoms with Crippen LogP contribution in [0.3, 0.4) is 0 Å². The van der Waals surface area contributed by atoms with E-state index in [1.165, 1.54) is 17.2 Å². The standard InChI is InChI=1S/C38H35N5O5/c1-24-13-17-28(18-14-24)38(27-11-7-4-8-12-27,29-19-15-25(2)16-20-29)47-21-30-32(44)33(45)37(48-30)43-23-41-31-34(39-22-40-35(31)43)42-36(46)26-9-5-3-6-10-26/h3-20,22-23,30,32-33,37,44-45H,21H2,1-2H3,(H,39,40,42,46)/t30-,32?,33+,37-/m1/s1. The van der Waals surface area contributed by atoms with Crippen molar-refractivity contribution in [1.82, 2.24) is 19.5 Å². The Balaban J connectivity index is 1.19. The van der Waals surface area contributed by atoms with E-state index in [0.29, 0.717) is 16.7 Å². The number of anilines is 1. The Bertz CT molecular complexity index is 1970. The molecule has 0 spiro atoms. The van der Waals surface area contributed by atoms with Gasteiger partial charge < -0.3 is 25.0 Å². The minimum Gasteiger partial charge on any atom is -0.387 e. The van der Waals surface area contributed by atoms with E-state index >= 15 is 0 Å². The number of carbonyl (C=O) groups excluding carboxylic acids is 1. The van der Waals surface area contributed by atoms with Crippen LogP contribution in [-0.2, 0) is 15.1 Å². The zero-order chi connectivity index (χ0) is 33.3. The van der Waals surface area contributed by atoms with Gasteiger partial charge in [-0.25, -0.2) is 15.0 Å². The fourth-order valence-corrected chi connectivity index (χ4v) is 6.20. The summed E-state index contributed by atoms with van der Waals surface area (Å²) in [5.74, 6) is -0.136. The Morgan fingerprint density at radius 1 is 0.792 bits per heavy atom. The minimum absolute atomic E-state index is 0.0502. The molecular formula is C38H35N5O5. The molecule has 48 heavy (non-hydrogen) atoms. The molecule has 2 aromatic heterocycles. The van der Waals surface area contributed by atoms with Crippen LogP contribution in [0.4, 0.5) is 5.82 Å². The number of amides is 1. The average molecular weight is 642 g/mol. The average Bonchev–Trinajstić information content (AvgIpc) is 3.67. The van der Waals surface area contributed by atoms with Gasteiger partial charge in [0.1, 0.15) is 30.2 Å². The van der Waals surface area contributed by atoms with Crippen molar-refractivity contribution >= 4 is 22.9 Å². The molecule has 1 aliphatic rings. The predicted octanol–water partition coefficient (Wildman–Crippen LogP) is 5.32. The molecule has 0 aliphatic carbocycles. The molecule has 1 aliphatic heterocycles. The molecule has 0 bridgehead atoms. The molecule has 7 rings (SSSR count). The van der Waals surface area contributed by atoms with Gasteiger partial charge in [0.15, 0.2) is 23.2 Å². The third-order valence-electron chi connectivity index (χ3n) is 8.80. The van der Waals surface area contributed by atoms with E-state index in [-0.39, 0.29) is 18.3 Å². The normalized spacial score (nSPS) is 19.4. The van der Waals surface area contributed by atoms with Gasteiger partial charge in [0.25, 0.3) is 5.91 Å². The number of hydrogen-bond donors (Lipinski definition) is 3. The lowest BCUT2D eigenvalue weighted by atomic mass is 9.79. The van der Waals surface area contributed by atoms with Crippen molar-refractivity contribution in [3.05, 3.63) is 155 Å². The highest BCUT2D eigenvalue weighted by atomic mass is 16.6. The smallest absolute Gasteiger partial charge is 0.256 e. The molecule has 1 saturated heterocycles.